The van der Waals surface area contributed by atoms with E-state index in [-0.39, 0.29) is 12.1 Å². The van der Waals surface area contributed by atoms with Gasteiger partial charge in [-0.3, -0.25) is 14.6 Å². The van der Waals surface area contributed by atoms with Crippen LogP contribution in [0.2, 0.25) is 0 Å². The molecule has 1 unspecified atom stereocenters. The van der Waals surface area contributed by atoms with Crippen LogP contribution in [-0.2, 0) is 16.1 Å². The van der Waals surface area contributed by atoms with Crippen LogP contribution in [0.3, 0.4) is 0 Å². The van der Waals surface area contributed by atoms with Gasteiger partial charge in [-0.2, -0.15) is 0 Å². The lowest BCUT2D eigenvalue weighted by atomic mass is 9.95. The zero-order chi connectivity index (χ0) is 21.1. The maximum Gasteiger partial charge on any atom is 0.290 e. The molecule has 1 aromatic carbocycles. The fourth-order valence-electron chi connectivity index (χ4n) is 3.41. The number of rotatable bonds is 6. The van der Waals surface area contributed by atoms with Crippen LogP contribution < -0.4 is 0 Å². The van der Waals surface area contributed by atoms with E-state index in [1.165, 1.54) is 23.3 Å². The average molecular weight is 465 g/mol. The Balaban J connectivity index is 1.74. The Hall–Kier alpha value is -3.45. The Labute approximate surface area is 181 Å². The highest BCUT2D eigenvalue weighted by atomic mass is 79.9. The fraction of sp³-hybridized carbons (Fsp3) is 0.0870. The van der Waals surface area contributed by atoms with E-state index >= 15 is 0 Å². The lowest BCUT2D eigenvalue weighted by Crippen LogP contribution is -2.30. The minimum absolute atomic E-state index is 0.0322. The fourth-order valence-corrected chi connectivity index (χ4v) is 3.83. The number of carbonyl (C=O) groups excluding carboxylic acids is 2. The molecule has 2 aromatic heterocycles. The van der Waals surface area contributed by atoms with Crippen molar-refractivity contribution in [1.82, 2.24) is 9.88 Å². The number of benzene rings is 1. The highest BCUT2D eigenvalue weighted by Crippen LogP contribution is 2.39. The number of carbonyl (C=O) groups is 2. The van der Waals surface area contributed by atoms with Crippen molar-refractivity contribution in [3.63, 3.8) is 0 Å². The van der Waals surface area contributed by atoms with Crippen LogP contribution >= 0.6 is 15.9 Å². The van der Waals surface area contributed by atoms with Crippen molar-refractivity contribution in [3.05, 3.63) is 106 Å². The van der Waals surface area contributed by atoms with Gasteiger partial charge < -0.3 is 14.4 Å². The Kier molecular flexibility index (Phi) is 5.63. The summed E-state index contributed by atoms with van der Waals surface area (Å²) in [5, 5.41) is 10.6. The number of aliphatic hydroxyl groups excluding tert-OH is 1. The van der Waals surface area contributed by atoms with Gasteiger partial charge in [-0.15, -0.1) is 0 Å². The number of ketones is 1. The highest BCUT2D eigenvalue weighted by molar-refractivity contribution is 9.10. The van der Waals surface area contributed by atoms with Crippen LogP contribution in [-0.4, -0.2) is 26.7 Å². The number of amides is 1. The molecule has 3 aromatic rings. The van der Waals surface area contributed by atoms with Crippen LogP contribution in [0.5, 0.6) is 0 Å². The van der Waals surface area contributed by atoms with E-state index in [0.29, 0.717) is 11.3 Å². The van der Waals surface area contributed by atoms with Gasteiger partial charge in [0, 0.05) is 23.4 Å². The number of aromatic nitrogens is 1. The molecule has 30 heavy (non-hydrogen) atoms. The summed E-state index contributed by atoms with van der Waals surface area (Å²) in [4.78, 5) is 31.5. The minimum atomic E-state index is -0.732. The second-order valence-corrected chi connectivity index (χ2v) is 7.64. The summed E-state index contributed by atoms with van der Waals surface area (Å²) in [6, 6.07) is 13.6. The third-order valence-corrected chi connectivity index (χ3v) is 5.24. The number of aliphatic hydroxyl groups is 1. The van der Waals surface area contributed by atoms with Gasteiger partial charge in [0.2, 0.25) is 0 Å². The molecule has 0 radical (unpaired) electrons. The van der Waals surface area contributed by atoms with Crippen molar-refractivity contribution in [2.45, 2.75) is 12.6 Å². The van der Waals surface area contributed by atoms with Crippen molar-refractivity contribution in [1.29, 1.82) is 0 Å². The first-order chi connectivity index (χ1) is 14.5. The normalized spacial score (nSPS) is 16.6. The monoisotopic (exact) mass is 464 g/mol. The smallest absolute Gasteiger partial charge is 0.290 e. The van der Waals surface area contributed by atoms with Gasteiger partial charge in [-0.1, -0.05) is 34.1 Å². The van der Waals surface area contributed by atoms with Crippen molar-refractivity contribution in [2.75, 3.05) is 0 Å². The number of furan rings is 1. The molecular formula is C23H17BrN2O4. The summed E-state index contributed by atoms with van der Waals surface area (Å²) < 4.78 is 6.02. The number of allylic oxidation sites excluding steroid dienone is 1. The Morgan fingerprint density at radius 2 is 2.10 bits per heavy atom. The van der Waals surface area contributed by atoms with E-state index in [0.717, 1.165) is 10.0 Å². The van der Waals surface area contributed by atoms with Gasteiger partial charge in [0.15, 0.2) is 11.5 Å². The summed E-state index contributed by atoms with van der Waals surface area (Å²) in [6.07, 6.45) is 7.61. The first-order valence-corrected chi connectivity index (χ1v) is 9.98. The second kappa shape index (κ2) is 8.51. The molecule has 3 heterocycles. The van der Waals surface area contributed by atoms with Gasteiger partial charge in [-0.25, -0.2) is 0 Å². The molecule has 0 fully saturated rings. The molecule has 0 aliphatic carbocycles. The summed E-state index contributed by atoms with van der Waals surface area (Å²) in [6.45, 7) is 0.201. The summed E-state index contributed by atoms with van der Waals surface area (Å²) in [5.41, 5.74) is 1.53. The molecule has 7 heteroatoms. The summed E-state index contributed by atoms with van der Waals surface area (Å²) in [5.74, 6) is -1.11. The molecule has 0 saturated heterocycles. The topological polar surface area (TPSA) is 83.6 Å². The molecule has 1 amide bonds. The van der Waals surface area contributed by atoms with E-state index in [9.17, 15) is 14.7 Å². The van der Waals surface area contributed by atoms with Gasteiger partial charge in [0.25, 0.3) is 5.91 Å². The zero-order valence-electron chi connectivity index (χ0n) is 15.7. The maximum atomic E-state index is 13.0. The number of hydrogen-bond acceptors (Lipinski definition) is 5. The third-order valence-electron chi connectivity index (χ3n) is 4.75. The molecule has 0 saturated carbocycles. The Bertz CT molecular complexity index is 1140. The summed E-state index contributed by atoms with van der Waals surface area (Å²) >= 11 is 3.44. The van der Waals surface area contributed by atoms with Crippen LogP contribution in [0.25, 0.3) is 6.08 Å². The van der Waals surface area contributed by atoms with Gasteiger partial charge in [0.1, 0.15) is 5.76 Å². The quantitative estimate of drug-likeness (QED) is 0.538. The van der Waals surface area contributed by atoms with Crippen molar-refractivity contribution < 1.29 is 19.1 Å². The molecule has 0 spiro atoms. The molecule has 150 valence electrons. The van der Waals surface area contributed by atoms with Gasteiger partial charge in [0.05, 0.1) is 17.9 Å². The molecule has 1 atom stereocenters. The van der Waals surface area contributed by atoms with E-state index in [1.807, 2.05) is 30.3 Å². The van der Waals surface area contributed by atoms with Crippen molar-refractivity contribution >= 4 is 33.7 Å². The highest BCUT2D eigenvalue weighted by Gasteiger charge is 2.42. The predicted molar refractivity (Wildman–Crippen MR) is 114 cm³/mol. The lowest BCUT2D eigenvalue weighted by Gasteiger charge is -2.26. The molecule has 1 aliphatic heterocycles. The number of hydrogen-bond donors (Lipinski definition) is 1. The van der Waals surface area contributed by atoms with Crippen LogP contribution in [0.4, 0.5) is 0 Å². The first kappa shape index (κ1) is 19.8. The molecule has 1 aliphatic rings. The second-order valence-electron chi connectivity index (χ2n) is 6.73. The lowest BCUT2D eigenvalue weighted by molar-refractivity contribution is -0.130. The Morgan fingerprint density at radius 3 is 2.80 bits per heavy atom. The number of nitrogens with zero attached hydrogens (tertiary/aromatic N) is 2. The van der Waals surface area contributed by atoms with Gasteiger partial charge >= 0.3 is 0 Å². The van der Waals surface area contributed by atoms with Crippen LogP contribution in [0.1, 0.15) is 22.9 Å². The van der Waals surface area contributed by atoms with Gasteiger partial charge in [-0.05, 0) is 53.6 Å². The molecule has 1 N–H and O–H groups in total. The maximum absolute atomic E-state index is 13.0. The van der Waals surface area contributed by atoms with Crippen LogP contribution in [0.15, 0.2) is 93.5 Å². The van der Waals surface area contributed by atoms with E-state index in [2.05, 4.69) is 20.9 Å². The van der Waals surface area contributed by atoms with E-state index < -0.39 is 23.5 Å². The first-order valence-electron chi connectivity index (χ1n) is 9.19. The van der Waals surface area contributed by atoms with E-state index in [4.69, 9.17) is 4.42 Å². The largest absolute Gasteiger partial charge is 0.503 e. The molecular weight excluding hydrogens is 448 g/mol. The van der Waals surface area contributed by atoms with Crippen molar-refractivity contribution in [3.8, 4) is 0 Å². The van der Waals surface area contributed by atoms with Crippen LogP contribution in [0, 0.1) is 0 Å². The molecule has 6 nitrogen and oxygen atoms in total. The number of pyridine rings is 1. The zero-order valence-corrected chi connectivity index (χ0v) is 17.3. The molecule has 0 bridgehead atoms. The number of halogens is 1. The van der Waals surface area contributed by atoms with Crippen molar-refractivity contribution in [2.24, 2.45) is 0 Å². The van der Waals surface area contributed by atoms with E-state index in [1.54, 1.807) is 30.6 Å². The SMILES string of the molecule is O=C(/C=C/c1ccco1)C1=C(O)C(=O)N(Cc2cccnc2)C1c1cccc(Br)c1. The predicted octanol–water partition coefficient (Wildman–Crippen LogP) is 4.62. The Morgan fingerprint density at radius 1 is 1.23 bits per heavy atom. The minimum Gasteiger partial charge on any atom is -0.503 e. The molecule has 4 rings (SSSR count). The average Bonchev–Trinajstić information content (AvgIpc) is 3.35. The summed E-state index contributed by atoms with van der Waals surface area (Å²) in [7, 11) is 0. The standard InChI is InChI=1S/C23H17BrN2O4/c24-17-6-1-5-16(12-17)21-20(19(27)9-8-18-7-3-11-30-18)22(28)23(29)26(21)14-15-4-2-10-25-13-15/h1-13,21,28H,14H2/b9-8+. The third kappa shape index (κ3) is 3.97.